The summed E-state index contributed by atoms with van der Waals surface area (Å²) in [7, 11) is 5.87. The number of nitrogens with zero attached hydrogens (tertiary/aromatic N) is 4. The van der Waals surface area contributed by atoms with E-state index in [1.54, 1.807) is 7.11 Å². The summed E-state index contributed by atoms with van der Waals surface area (Å²) in [5, 5.41) is 1.06. The molecule has 0 amide bonds. The quantitative estimate of drug-likeness (QED) is 0.846. The largest absolute Gasteiger partial charge is 0.490 e. The molecule has 2 rings (SSSR count). The van der Waals surface area contributed by atoms with Gasteiger partial charge in [0.05, 0.1) is 7.11 Å². The van der Waals surface area contributed by atoms with Gasteiger partial charge in [-0.1, -0.05) is 0 Å². The SMILES string of the molecule is COc1c(N)nsc1N1CCN(CCN(C)C)CC1. The molecule has 2 heterocycles. The molecule has 1 fully saturated rings. The molecule has 0 bridgehead atoms. The molecular formula is C12H23N5OS. The molecule has 7 heteroatoms. The van der Waals surface area contributed by atoms with Gasteiger partial charge in [-0.3, -0.25) is 4.90 Å². The smallest absolute Gasteiger partial charge is 0.197 e. The third-order valence-corrected chi connectivity index (χ3v) is 4.29. The number of anilines is 2. The zero-order chi connectivity index (χ0) is 13.8. The van der Waals surface area contributed by atoms with Crippen molar-refractivity contribution < 1.29 is 4.74 Å². The van der Waals surface area contributed by atoms with E-state index in [2.05, 4.69) is 33.2 Å². The van der Waals surface area contributed by atoms with Crippen LogP contribution >= 0.6 is 11.5 Å². The lowest BCUT2D eigenvalue weighted by molar-refractivity contribution is 0.229. The Bertz CT molecular complexity index is 401. The molecule has 108 valence electrons. The predicted octanol–water partition coefficient (Wildman–Crippen LogP) is 0.418. The zero-order valence-electron chi connectivity index (χ0n) is 11.9. The van der Waals surface area contributed by atoms with Gasteiger partial charge < -0.3 is 20.3 Å². The third-order valence-electron chi connectivity index (χ3n) is 3.38. The number of nitrogen functional groups attached to an aromatic ring is 1. The number of likely N-dealkylation sites (N-methyl/N-ethyl adjacent to an activating group) is 1. The van der Waals surface area contributed by atoms with Crippen LogP contribution < -0.4 is 15.4 Å². The monoisotopic (exact) mass is 285 g/mol. The van der Waals surface area contributed by atoms with E-state index in [-0.39, 0.29) is 0 Å². The first-order valence-corrected chi connectivity index (χ1v) is 7.30. The second kappa shape index (κ2) is 6.40. The van der Waals surface area contributed by atoms with Gasteiger partial charge in [0.1, 0.15) is 0 Å². The number of rotatable bonds is 5. The molecule has 1 aromatic rings. The molecule has 1 saturated heterocycles. The van der Waals surface area contributed by atoms with Crippen LogP contribution in [0.3, 0.4) is 0 Å². The van der Waals surface area contributed by atoms with Crippen LogP contribution in [0.4, 0.5) is 10.8 Å². The number of hydrogen-bond acceptors (Lipinski definition) is 7. The van der Waals surface area contributed by atoms with Crippen molar-refractivity contribution in [3.63, 3.8) is 0 Å². The molecular weight excluding hydrogens is 262 g/mol. The highest BCUT2D eigenvalue weighted by molar-refractivity contribution is 7.11. The minimum Gasteiger partial charge on any atom is -0.490 e. The molecule has 2 N–H and O–H groups in total. The molecule has 0 aliphatic carbocycles. The van der Waals surface area contributed by atoms with E-state index in [4.69, 9.17) is 10.5 Å². The van der Waals surface area contributed by atoms with E-state index >= 15 is 0 Å². The van der Waals surface area contributed by atoms with Crippen molar-refractivity contribution in [3.05, 3.63) is 0 Å². The highest BCUT2D eigenvalue weighted by Gasteiger charge is 2.23. The normalized spacial score (nSPS) is 17.2. The molecule has 19 heavy (non-hydrogen) atoms. The Morgan fingerprint density at radius 3 is 2.58 bits per heavy atom. The summed E-state index contributed by atoms with van der Waals surface area (Å²) in [6.45, 7) is 6.40. The average molecular weight is 285 g/mol. The number of hydrogen-bond donors (Lipinski definition) is 1. The lowest BCUT2D eigenvalue weighted by atomic mass is 10.3. The van der Waals surface area contributed by atoms with Gasteiger partial charge in [-0.05, 0) is 25.6 Å². The van der Waals surface area contributed by atoms with Gasteiger partial charge in [0.2, 0.25) is 0 Å². The van der Waals surface area contributed by atoms with Crippen LogP contribution in [0.25, 0.3) is 0 Å². The lowest BCUT2D eigenvalue weighted by Gasteiger charge is -2.35. The summed E-state index contributed by atoms with van der Waals surface area (Å²) in [6.07, 6.45) is 0. The van der Waals surface area contributed by atoms with Gasteiger partial charge in [-0.25, -0.2) is 0 Å². The van der Waals surface area contributed by atoms with Crippen LogP contribution in [0, 0.1) is 0 Å². The number of aromatic nitrogens is 1. The first-order valence-electron chi connectivity index (χ1n) is 6.53. The standard InChI is InChI=1S/C12H23N5OS/c1-15(2)4-5-16-6-8-17(9-7-16)12-10(18-3)11(13)14-19-12/h4-9H2,1-3H3,(H2,13,14). The Morgan fingerprint density at radius 1 is 1.32 bits per heavy atom. The van der Waals surface area contributed by atoms with Crippen molar-refractivity contribution in [2.24, 2.45) is 0 Å². The van der Waals surface area contributed by atoms with E-state index in [1.165, 1.54) is 11.5 Å². The first kappa shape index (κ1) is 14.4. The lowest BCUT2D eigenvalue weighted by Crippen LogP contribution is -2.47. The van der Waals surface area contributed by atoms with Crippen LogP contribution in [-0.4, -0.2) is 74.6 Å². The van der Waals surface area contributed by atoms with Crippen LogP contribution in [0.2, 0.25) is 0 Å². The van der Waals surface area contributed by atoms with Crippen LogP contribution in [-0.2, 0) is 0 Å². The molecule has 0 atom stereocenters. The minimum atomic E-state index is 0.498. The molecule has 6 nitrogen and oxygen atoms in total. The summed E-state index contributed by atoms with van der Waals surface area (Å²) >= 11 is 1.43. The topological polar surface area (TPSA) is 57.9 Å². The van der Waals surface area contributed by atoms with E-state index in [0.717, 1.165) is 50.0 Å². The van der Waals surface area contributed by atoms with Gasteiger partial charge in [0.25, 0.3) is 0 Å². The molecule has 0 aromatic carbocycles. The molecule has 0 radical (unpaired) electrons. The van der Waals surface area contributed by atoms with Crippen molar-refractivity contribution in [1.29, 1.82) is 0 Å². The maximum atomic E-state index is 5.80. The van der Waals surface area contributed by atoms with Gasteiger partial charge in [0.15, 0.2) is 16.6 Å². The van der Waals surface area contributed by atoms with Crippen molar-refractivity contribution in [2.45, 2.75) is 0 Å². The highest BCUT2D eigenvalue weighted by atomic mass is 32.1. The van der Waals surface area contributed by atoms with E-state index < -0.39 is 0 Å². The van der Waals surface area contributed by atoms with Gasteiger partial charge in [-0.2, -0.15) is 4.37 Å². The van der Waals surface area contributed by atoms with Crippen LogP contribution in [0.5, 0.6) is 5.75 Å². The zero-order valence-corrected chi connectivity index (χ0v) is 12.7. The average Bonchev–Trinajstić information content (AvgIpc) is 2.78. The Hall–Kier alpha value is -1.05. The van der Waals surface area contributed by atoms with Crippen molar-refractivity contribution >= 4 is 22.4 Å². The molecule has 0 saturated carbocycles. The molecule has 0 unspecified atom stereocenters. The second-order valence-electron chi connectivity index (χ2n) is 5.04. The molecule has 1 aliphatic heterocycles. The van der Waals surface area contributed by atoms with Gasteiger partial charge in [-0.15, -0.1) is 0 Å². The fraction of sp³-hybridized carbons (Fsp3) is 0.750. The van der Waals surface area contributed by atoms with Crippen molar-refractivity contribution in [2.75, 3.05) is 71.1 Å². The Balaban J connectivity index is 1.89. The Kier molecular flexibility index (Phi) is 4.84. The highest BCUT2D eigenvalue weighted by Crippen LogP contribution is 2.38. The van der Waals surface area contributed by atoms with E-state index in [9.17, 15) is 0 Å². The number of piperazine rings is 1. The second-order valence-corrected chi connectivity index (χ2v) is 5.79. The molecule has 1 aromatic heterocycles. The molecule has 1 aliphatic rings. The fourth-order valence-electron chi connectivity index (χ4n) is 2.19. The van der Waals surface area contributed by atoms with E-state index in [0.29, 0.717) is 5.82 Å². The number of methoxy groups -OCH3 is 1. The van der Waals surface area contributed by atoms with Gasteiger partial charge >= 0.3 is 0 Å². The summed E-state index contributed by atoms with van der Waals surface area (Å²) in [5.74, 6) is 1.23. The summed E-state index contributed by atoms with van der Waals surface area (Å²) in [4.78, 5) is 7.03. The third kappa shape index (κ3) is 3.49. The number of nitrogens with two attached hydrogens (primary N) is 1. The van der Waals surface area contributed by atoms with Crippen LogP contribution in [0.15, 0.2) is 0 Å². The summed E-state index contributed by atoms with van der Waals surface area (Å²) < 4.78 is 9.51. The minimum absolute atomic E-state index is 0.498. The maximum absolute atomic E-state index is 5.80. The van der Waals surface area contributed by atoms with Gasteiger partial charge in [0, 0.05) is 39.3 Å². The predicted molar refractivity (Wildman–Crippen MR) is 80.3 cm³/mol. The first-order chi connectivity index (χ1) is 9.11. The maximum Gasteiger partial charge on any atom is 0.197 e. The number of ether oxygens (including phenoxy) is 1. The van der Waals surface area contributed by atoms with Crippen LogP contribution in [0.1, 0.15) is 0 Å². The molecule has 0 spiro atoms. The summed E-state index contributed by atoms with van der Waals surface area (Å²) in [6, 6.07) is 0. The fourth-order valence-corrected chi connectivity index (χ4v) is 3.03. The Labute approximate surface area is 118 Å². The van der Waals surface area contributed by atoms with E-state index in [1.807, 2.05) is 0 Å². The van der Waals surface area contributed by atoms with Crippen molar-refractivity contribution in [3.8, 4) is 5.75 Å². The summed E-state index contributed by atoms with van der Waals surface area (Å²) in [5.41, 5.74) is 5.80. The van der Waals surface area contributed by atoms with Crippen molar-refractivity contribution in [1.82, 2.24) is 14.2 Å². The Morgan fingerprint density at radius 2 is 2.00 bits per heavy atom.